The zero-order chi connectivity index (χ0) is 9.80. The van der Waals surface area contributed by atoms with E-state index in [1.54, 1.807) is 17.1 Å². The largest absolute Gasteiger partial charge is 0.486 e. The molecule has 2 aromatic heterocycles. The van der Waals surface area contributed by atoms with Gasteiger partial charge < -0.3 is 4.74 Å². The molecule has 0 aliphatic carbocycles. The van der Waals surface area contributed by atoms with E-state index >= 15 is 0 Å². The van der Waals surface area contributed by atoms with Crippen molar-refractivity contribution in [1.29, 1.82) is 0 Å². The molecular formula is C9H10N4O. The van der Waals surface area contributed by atoms with Crippen molar-refractivity contribution in [2.75, 3.05) is 0 Å². The minimum absolute atomic E-state index is 0.416. The quantitative estimate of drug-likeness (QED) is 0.718. The molecule has 14 heavy (non-hydrogen) atoms. The fourth-order valence-corrected chi connectivity index (χ4v) is 1.05. The van der Waals surface area contributed by atoms with Crippen LogP contribution < -0.4 is 4.74 Å². The first-order valence-corrected chi connectivity index (χ1v) is 4.22. The van der Waals surface area contributed by atoms with Crippen LogP contribution in [0, 0.1) is 0 Å². The fraction of sp³-hybridized carbons (Fsp3) is 0.222. The van der Waals surface area contributed by atoms with E-state index in [0.717, 1.165) is 11.4 Å². The van der Waals surface area contributed by atoms with Crippen molar-refractivity contribution in [3.63, 3.8) is 0 Å². The van der Waals surface area contributed by atoms with Crippen molar-refractivity contribution in [2.24, 2.45) is 7.05 Å². The summed E-state index contributed by atoms with van der Waals surface area (Å²) in [6, 6.07) is 3.68. The van der Waals surface area contributed by atoms with Gasteiger partial charge in [-0.1, -0.05) is 5.21 Å². The van der Waals surface area contributed by atoms with Crippen LogP contribution in [0.25, 0.3) is 0 Å². The molecule has 0 amide bonds. The second kappa shape index (κ2) is 3.87. The predicted octanol–water partition coefficient (Wildman–Crippen LogP) is 0.789. The molecule has 0 bridgehead atoms. The van der Waals surface area contributed by atoms with E-state index in [1.807, 2.05) is 25.4 Å². The van der Waals surface area contributed by atoms with Crippen LogP contribution in [0.4, 0.5) is 0 Å². The topological polar surface area (TPSA) is 52.8 Å². The van der Waals surface area contributed by atoms with Gasteiger partial charge in [0.05, 0.1) is 12.4 Å². The monoisotopic (exact) mass is 190 g/mol. The third-order valence-electron chi connectivity index (χ3n) is 1.67. The van der Waals surface area contributed by atoms with Crippen LogP contribution in [0.2, 0.25) is 0 Å². The second-order valence-corrected chi connectivity index (χ2v) is 2.86. The Morgan fingerprint density at radius 1 is 1.50 bits per heavy atom. The summed E-state index contributed by atoms with van der Waals surface area (Å²) < 4.78 is 7.07. The van der Waals surface area contributed by atoms with Gasteiger partial charge in [-0.3, -0.25) is 9.67 Å². The Bertz CT molecular complexity index is 398. The molecule has 5 nitrogen and oxygen atoms in total. The lowest BCUT2D eigenvalue weighted by Crippen LogP contribution is -1.95. The summed E-state index contributed by atoms with van der Waals surface area (Å²) in [5, 5.41) is 7.70. The minimum atomic E-state index is 0.416. The number of ether oxygens (including phenoxy) is 1. The summed E-state index contributed by atoms with van der Waals surface area (Å²) in [5.74, 6) is 0.734. The van der Waals surface area contributed by atoms with Crippen molar-refractivity contribution in [3.05, 3.63) is 36.4 Å². The van der Waals surface area contributed by atoms with Crippen molar-refractivity contribution in [3.8, 4) is 5.75 Å². The van der Waals surface area contributed by atoms with Crippen LogP contribution >= 0.6 is 0 Å². The van der Waals surface area contributed by atoms with Gasteiger partial charge in [0.2, 0.25) is 0 Å². The van der Waals surface area contributed by atoms with Gasteiger partial charge in [-0.15, -0.1) is 5.10 Å². The Balaban J connectivity index is 1.95. The first-order valence-electron chi connectivity index (χ1n) is 4.22. The van der Waals surface area contributed by atoms with Crippen LogP contribution in [0.3, 0.4) is 0 Å². The smallest absolute Gasteiger partial charge is 0.138 e. The molecule has 0 atom stereocenters. The molecule has 2 heterocycles. The lowest BCUT2D eigenvalue weighted by molar-refractivity contribution is 0.300. The maximum atomic E-state index is 5.43. The van der Waals surface area contributed by atoms with Gasteiger partial charge >= 0.3 is 0 Å². The van der Waals surface area contributed by atoms with Crippen molar-refractivity contribution < 1.29 is 4.74 Å². The molecule has 5 heteroatoms. The van der Waals surface area contributed by atoms with Crippen LogP contribution in [0.5, 0.6) is 5.75 Å². The molecule has 0 unspecified atom stereocenters. The summed E-state index contributed by atoms with van der Waals surface area (Å²) in [4.78, 5) is 3.94. The van der Waals surface area contributed by atoms with Gasteiger partial charge in [0.25, 0.3) is 0 Å². The third-order valence-corrected chi connectivity index (χ3v) is 1.67. The molecule has 0 fully saturated rings. The first kappa shape index (κ1) is 8.68. The van der Waals surface area contributed by atoms with Gasteiger partial charge in [-0.05, 0) is 12.1 Å². The van der Waals surface area contributed by atoms with Crippen molar-refractivity contribution in [1.82, 2.24) is 20.0 Å². The second-order valence-electron chi connectivity index (χ2n) is 2.86. The number of aryl methyl sites for hydroxylation is 1. The number of rotatable bonds is 3. The Labute approximate surface area is 81.3 Å². The van der Waals surface area contributed by atoms with E-state index in [9.17, 15) is 0 Å². The molecule has 0 saturated heterocycles. The highest BCUT2D eigenvalue weighted by molar-refractivity contribution is 5.15. The number of hydrogen-bond acceptors (Lipinski definition) is 4. The highest BCUT2D eigenvalue weighted by Crippen LogP contribution is 2.08. The zero-order valence-corrected chi connectivity index (χ0v) is 7.79. The highest BCUT2D eigenvalue weighted by atomic mass is 16.5. The Hall–Kier alpha value is -1.91. The minimum Gasteiger partial charge on any atom is -0.486 e. The fourth-order valence-electron chi connectivity index (χ4n) is 1.05. The summed E-state index contributed by atoms with van der Waals surface area (Å²) in [5.41, 5.74) is 0.802. The van der Waals surface area contributed by atoms with Crippen LogP contribution in [0.1, 0.15) is 5.69 Å². The molecule has 0 spiro atoms. The Kier molecular flexibility index (Phi) is 2.40. The first-order chi connectivity index (χ1) is 6.84. The lowest BCUT2D eigenvalue weighted by atomic mass is 10.4. The molecular weight excluding hydrogens is 180 g/mol. The number of hydrogen-bond donors (Lipinski definition) is 0. The molecule has 0 aliphatic heterocycles. The highest BCUT2D eigenvalue weighted by Gasteiger charge is 1.98. The normalized spacial score (nSPS) is 10.1. The van der Waals surface area contributed by atoms with E-state index in [2.05, 4.69) is 15.3 Å². The van der Waals surface area contributed by atoms with E-state index in [-0.39, 0.29) is 0 Å². The lowest BCUT2D eigenvalue weighted by Gasteiger charge is -2.01. The van der Waals surface area contributed by atoms with Gasteiger partial charge in [0.15, 0.2) is 0 Å². The predicted molar refractivity (Wildman–Crippen MR) is 49.6 cm³/mol. The van der Waals surface area contributed by atoms with E-state index in [4.69, 9.17) is 4.74 Å². The standard InChI is InChI=1S/C9H10N4O/c1-13-6-8(11-12-13)7-14-9-3-2-4-10-5-9/h2-6H,7H2,1H3. The van der Waals surface area contributed by atoms with Gasteiger partial charge in [0.1, 0.15) is 18.1 Å². The molecule has 72 valence electrons. The SMILES string of the molecule is Cn1cc(COc2cccnc2)nn1. The van der Waals surface area contributed by atoms with E-state index < -0.39 is 0 Å². The van der Waals surface area contributed by atoms with Gasteiger partial charge in [-0.25, -0.2) is 0 Å². The summed E-state index contributed by atoms with van der Waals surface area (Å²) in [7, 11) is 1.82. The third kappa shape index (κ3) is 2.07. The van der Waals surface area contributed by atoms with Crippen LogP contribution in [-0.4, -0.2) is 20.0 Å². The molecule has 0 saturated carbocycles. The molecule has 0 N–H and O–H groups in total. The van der Waals surface area contributed by atoms with Gasteiger partial charge in [-0.2, -0.15) is 0 Å². The molecule has 0 radical (unpaired) electrons. The molecule has 0 aromatic carbocycles. The maximum absolute atomic E-state index is 5.43. The number of aromatic nitrogens is 4. The van der Waals surface area contributed by atoms with E-state index in [1.165, 1.54) is 0 Å². The number of nitrogens with zero attached hydrogens (tertiary/aromatic N) is 4. The summed E-state index contributed by atoms with van der Waals surface area (Å²) >= 11 is 0. The molecule has 2 rings (SSSR count). The van der Waals surface area contributed by atoms with Crippen molar-refractivity contribution in [2.45, 2.75) is 6.61 Å². The maximum Gasteiger partial charge on any atom is 0.138 e. The molecule has 0 aliphatic rings. The Morgan fingerprint density at radius 3 is 3.07 bits per heavy atom. The zero-order valence-electron chi connectivity index (χ0n) is 7.79. The van der Waals surface area contributed by atoms with Crippen LogP contribution in [-0.2, 0) is 13.7 Å². The summed E-state index contributed by atoms with van der Waals surface area (Å²) in [6.45, 7) is 0.416. The van der Waals surface area contributed by atoms with Crippen LogP contribution in [0.15, 0.2) is 30.7 Å². The average Bonchev–Trinajstić information content (AvgIpc) is 2.63. The van der Waals surface area contributed by atoms with E-state index in [0.29, 0.717) is 6.61 Å². The number of pyridine rings is 1. The summed E-state index contributed by atoms with van der Waals surface area (Å²) in [6.07, 6.45) is 5.18. The Morgan fingerprint density at radius 2 is 2.43 bits per heavy atom. The van der Waals surface area contributed by atoms with Gasteiger partial charge in [0, 0.05) is 13.2 Å². The average molecular weight is 190 g/mol. The molecule has 2 aromatic rings. The van der Waals surface area contributed by atoms with Crippen molar-refractivity contribution >= 4 is 0 Å².